The highest BCUT2D eigenvalue weighted by atomic mass is 35.5. The van der Waals surface area contributed by atoms with Gasteiger partial charge in [-0.15, -0.1) is 0 Å². The van der Waals surface area contributed by atoms with E-state index in [1.807, 2.05) is 30.3 Å². The van der Waals surface area contributed by atoms with Crippen LogP contribution in [-0.2, 0) is 32.6 Å². The summed E-state index contributed by atoms with van der Waals surface area (Å²) in [6.45, 7) is -0.531. The molecule has 0 heterocycles. The lowest BCUT2D eigenvalue weighted by Gasteiger charge is -2.34. The first-order valence-corrected chi connectivity index (χ1v) is 17.6. The van der Waals surface area contributed by atoms with Crippen molar-refractivity contribution in [2.24, 2.45) is 0 Å². The van der Waals surface area contributed by atoms with Crippen molar-refractivity contribution < 1.29 is 18.0 Å². The van der Waals surface area contributed by atoms with Gasteiger partial charge in [0.2, 0.25) is 11.8 Å². The predicted molar refractivity (Wildman–Crippen MR) is 184 cm³/mol. The van der Waals surface area contributed by atoms with E-state index in [9.17, 15) is 18.0 Å². The summed E-state index contributed by atoms with van der Waals surface area (Å²) in [5.74, 6) is -0.845. The molecule has 46 heavy (non-hydrogen) atoms. The van der Waals surface area contributed by atoms with Crippen LogP contribution in [0.5, 0.6) is 0 Å². The summed E-state index contributed by atoms with van der Waals surface area (Å²) in [5.41, 5.74) is 1.81. The lowest BCUT2D eigenvalue weighted by atomic mass is 10.0. The fourth-order valence-corrected chi connectivity index (χ4v) is 7.44. The second-order valence-corrected chi connectivity index (χ2v) is 14.5. The van der Waals surface area contributed by atoms with Crippen molar-refractivity contribution >= 4 is 62.3 Å². The Labute approximate surface area is 285 Å². The second kappa shape index (κ2) is 15.4. The van der Waals surface area contributed by atoms with Crippen molar-refractivity contribution in [3.8, 4) is 0 Å². The topological polar surface area (TPSA) is 86.8 Å². The molecule has 240 valence electrons. The number of anilines is 1. The molecule has 0 spiro atoms. The van der Waals surface area contributed by atoms with Gasteiger partial charge in [0, 0.05) is 34.1 Å². The standard InChI is InChI=1S/C35H34Cl3N3O4S/c36-27-15-13-26(14-16-27)23-40(33(21-25-7-2-1-3-8-25)35(43)39-30-10-4-5-11-30)34(42)24-41(31-12-6-9-29(38)22-31)46(44,45)32-19-17-28(37)18-20-32/h1-3,6-9,12-20,22,30,33H,4-5,10-11,21,23-24H2,(H,39,43). The van der Waals surface area contributed by atoms with Gasteiger partial charge in [-0.1, -0.05) is 96.2 Å². The molecule has 1 unspecified atom stereocenters. The summed E-state index contributed by atoms with van der Waals surface area (Å²) in [4.78, 5) is 30.0. The molecule has 0 aromatic heterocycles. The van der Waals surface area contributed by atoms with Crippen LogP contribution in [0.25, 0.3) is 0 Å². The van der Waals surface area contributed by atoms with E-state index >= 15 is 0 Å². The van der Waals surface area contributed by atoms with Gasteiger partial charge in [0.15, 0.2) is 0 Å². The number of hydrogen-bond acceptors (Lipinski definition) is 4. The molecule has 0 bridgehead atoms. The highest BCUT2D eigenvalue weighted by Gasteiger charge is 2.35. The maximum absolute atomic E-state index is 14.5. The van der Waals surface area contributed by atoms with Crippen molar-refractivity contribution in [3.63, 3.8) is 0 Å². The molecule has 2 amide bonds. The molecule has 5 rings (SSSR count). The first kappa shape index (κ1) is 33.8. The van der Waals surface area contributed by atoms with Gasteiger partial charge < -0.3 is 10.2 Å². The molecule has 7 nitrogen and oxygen atoms in total. The van der Waals surface area contributed by atoms with Crippen LogP contribution in [0.1, 0.15) is 36.8 Å². The zero-order valence-electron chi connectivity index (χ0n) is 25.0. The zero-order valence-corrected chi connectivity index (χ0v) is 28.1. The molecule has 1 fully saturated rings. The monoisotopic (exact) mass is 697 g/mol. The maximum atomic E-state index is 14.5. The summed E-state index contributed by atoms with van der Waals surface area (Å²) < 4.78 is 29.2. The van der Waals surface area contributed by atoms with Crippen LogP contribution in [0.2, 0.25) is 15.1 Å². The molecule has 0 saturated heterocycles. The third-order valence-electron chi connectivity index (χ3n) is 8.02. The minimum absolute atomic E-state index is 0.0199. The molecular formula is C35H34Cl3N3O4S. The first-order valence-electron chi connectivity index (χ1n) is 15.0. The van der Waals surface area contributed by atoms with Crippen LogP contribution in [0.4, 0.5) is 5.69 Å². The Bertz CT molecular complexity index is 1750. The molecule has 1 N–H and O–H groups in total. The van der Waals surface area contributed by atoms with Gasteiger partial charge >= 0.3 is 0 Å². The van der Waals surface area contributed by atoms with Gasteiger partial charge in [-0.25, -0.2) is 8.42 Å². The van der Waals surface area contributed by atoms with Crippen molar-refractivity contribution in [2.45, 2.75) is 55.6 Å². The number of rotatable bonds is 12. The third kappa shape index (κ3) is 8.62. The Balaban J connectivity index is 1.56. The van der Waals surface area contributed by atoms with Gasteiger partial charge in [0.1, 0.15) is 12.6 Å². The number of hydrogen-bond donors (Lipinski definition) is 1. The minimum atomic E-state index is -4.27. The number of amides is 2. The van der Waals surface area contributed by atoms with Gasteiger partial charge in [0.05, 0.1) is 10.6 Å². The molecule has 11 heteroatoms. The van der Waals surface area contributed by atoms with Crippen LogP contribution >= 0.6 is 34.8 Å². The van der Waals surface area contributed by atoms with Crippen LogP contribution in [0, 0.1) is 0 Å². The van der Waals surface area contributed by atoms with E-state index in [0.29, 0.717) is 15.1 Å². The first-order chi connectivity index (χ1) is 22.1. The van der Waals surface area contributed by atoms with Crippen LogP contribution in [0.3, 0.4) is 0 Å². The molecule has 0 aliphatic heterocycles. The Morgan fingerprint density at radius 2 is 1.39 bits per heavy atom. The molecule has 4 aromatic rings. The average molecular weight is 699 g/mol. The summed E-state index contributed by atoms with van der Waals surface area (Å²) in [5, 5.41) is 4.37. The SMILES string of the molecule is O=C(NC1CCCC1)C(Cc1ccccc1)N(Cc1ccc(Cl)cc1)C(=O)CN(c1cccc(Cl)c1)S(=O)(=O)c1ccc(Cl)cc1. The van der Waals surface area contributed by atoms with Crippen molar-refractivity contribution in [1.82, 2.24) is 10.2 Å². The third-order valence-corrected chi connectivity index (χ3v) is 10.5. The van der Waals surface area contributed by atoms with Gasteiger partial charge in [0.25, 0.3) is 10.0 Å². The Morgan fingerprint density at radius 3 is 2.02 bits per heavy atom. The van der Waals surface area contributed by atoms with E-state index < -0.39 is 28.5 Å². The molecule has 4 aromatic carbocycles. The van der Waals surface area contributed by atoms with E-state index in [4.69, 9.17) is 34.8 Å². The van der Waals surface area contributed by atoms with E-state index in [1.165, 1.54) is 35.2 Å². The van der Waals surface area contributed by atoms with Crippen LogP contribution in [0.15, 0.2) is 108 Å². The highest BCUT2D eigenvalue weighted by molar-refractivity contribution is 7.92. The maximum Gasteiger partial charge on any atom is 0.264 e. The molecule has 1 atom stereocenters. The number of sulfonamides is 1. The molecule has 1 saturated carbocycles. The normalized spacial score (nSPS) is 14.1. The minimum Gasteiger partial charge on any atom is -0.352 e. The number of benzene rings is 4. The number of nitrogens with one attached hydrogen (secondary N) is 1. The van der Waals surface area contributed by atoms with Crippen LogP contribution < -0.4 is 9.62 Å². The van der Waals surface area contributed by atoms with Crippen LogP contribution in [-0.4, -0.2) is 43.8 Å². The van der Waals surface area contributed by atoms with Crippen molar-refractivity contribution in [2.75, 3.05) is 10.8 Å². The number of halogens is 3. The highest BCUT2D eigenvalue weighted by Crippen LogP contribution is 2.28. The van der Waals surface area contributed by atoms with Crippen molar-refractivity contribution in [3.05, 3.63) is 129 Å². The van der Waals surface area contributed by atoms with Gasteiger partial charge in [-0.2, -0.15) is 0 Å². The second-order valence-electron chi connectivity index (χ2n) is 11.3. The molecule has 1 aliphatic rings. The Morgan fingerprint density at radius 1 is 0.761 bits per heavy atom. The largest absolute Gasteiger partial charge is 0.352 e. The lowest BCUT2D eigenvalue weighted by molar-refractivity contribution is -0.140. The van der Waals surface area contributed by atoms with E-state index in [0.717, 1.165) is 41.1 Å². The average Bonchev–Trinajstić information content (AvgIpc) is 3.56. The summed E-state index contributed by atoms with van der Waals surface area (Å²) >= 11 is 18.5. The van der Waals surface area contributed by atoms with E-state index in [-0.39, 0.29) is 35.5 Å². The van der Waals surface area contributed by atoms with Crippen molar-refractivity contribution in [1.29, 1.82) is 0 Å². The predicted octanol–water partition coefficient (Wildman–Crippen LogP) is 7.54. The van der Waals surface area contributed by atoms with E-state index in [1.54, 1.807) is 42.5 Å². The fourth-order valence-electron chi connectivity index (χ4n) is 5.60. The lowest BCUT2D eigenvalue weighted by Crippen LogP contribution is -2.54. The number of carbonyl (C=O) groups excluding carboxylic acids is 2. The summed E-state index contributed by atoms with van der Waals surface area (Å²) in [7, 11) is -4.27. The Kier molecular flexibility index (Phi) is 11.3. The smallest absolute Gasteiger partial charge is 0.264 e. The summed E-state index contributed by atoms with van der Waals surface area (Å²) in [6, 6.07) is 27.6. The molecule has 0 radical (unpaired) electrons. The van der Waals surface area contributed by atoms with Gasteiger partial charge in [-0.05, 0) is 78.6 Å². The summed E-state index contributed by atoms with van der Waals surface area (Å²) in [6.07, 6.45) is 4.03. The Hall–Kier alpha value is -3.56. The fraction of sp³-hybridized carbons (Fsp3) is 0.257. The van der Waals surface area contributed by atoms with E-state index in [2.05, 4.69) is 5.32 Å². The molecular weight excluding hydrogens is 665 g/mol. The molecule has 1 aliphatic carbocycles. The van der Waals surface area contributed by atoms with Gasteiger partial charge in [-0.3, -0.25) is 13.9 Å². The zero-order chi connectivity index (χ0) is 32.7. The number of nitrogens with zero attached hydrogens (tertiary/aromatic N) is 2. The quantitative estimate of drug-likeness (QED) is 0.166. The number of carbonyl (C=O) groups is 2.